The van der Waals surface area contributed by atoms with Crippen LogP contribution in [-0.2, 0) is 5.75 Å². The van der Waals surface area contributed by atoms with Crippen molar-refractivity contribution in [3.8, 4) is 0 Å². The van der Waals surface area contributed by atoms with Gasteiger partial charge < -0.3 is 5.32 Å². The van der Waals surface area contributed by atoms with Gasteiger partial charge in [0.25, 0.3) is 5.69 Å². The molecule has 0 fully saturated rings. The maximum absolute atomic E-state index is 10.8. The molecule has 0 aliphatic rings. The monoisotopic (exact) mass is 226 g/mol. The third kappa shape index (κ3) is 3.13. The molecule has 1 N–H and O–H groups in total. The fraction of sp³-hybridized carbons (Fsp3) is 0.400. The Morgan fingerprint density at radius 2 is 2.27 bits per heavy atom. The van der Waals surface area contributed by atoms with E-state index in [0.717, 1.165) is 17.1 Å². The van der Waals surface area contributed by atoms with E-state index >= 15 is 0 Å². The Hall–Kier alpha value is -1.23. The number of rotatable bonds is 5. The molecule has 1 aromatic rings. The van der Waals surface area contributed by atoms with Gasteiger partial charge in [-0.2, -0.15) is 11.8 Å². The van der Waals surface area contributed by atoms with Crippen molar-refractivity contribution >= 4 is 23.1 Å². The smallest absolute Gasteiger partial charge is 0.292 e. The first-order valence-electron chi connectivity index (χ1n) is 4.71. The Labute approximate surface area is 93.2 Å². The van der Waals surface area contributed by atoms with Crippen LogP contribution in [0.4, 0.5) is 11.4 Å². The lowest BCUT2D eigenvalue weighted by molar-refractivity contribution is -0.384. The summed E-state index contributed by atoms with van der Waals surface area (Å²) in [5, 5.41) is 13.6. The Morgan fingerprint density at radius 1 is 1.53 bits per heavy atom. The fourth-order valence-corrected chi connectivity index (χ4v) is 1.87. The lowest BCUT2D eigenvalue weighted by atomic mass is 10.2. The van der Waals surface area contributed by atoms with Crippen molar-refractivity contribution in [1.29, 1.82) is 0 Å². The van der Waals surface area contributed by atoms with Crippen LogP contribution >= 0.6 is 11.8 Å². The van der Waals surface area contributed by atoms with Gasteiger partial charge in [0.2, 0.25) is 0 Å². The summed E-state index contributed by atoms with van der Waals surface area (Å²) >= 11 is 1.75. The summed E-state index contributed by atoms with van der Waals surface area (Å²) in [6.45, 7) is 2.07. The molecule has 0 radical (unpaired) electrons. The van der Waals surface area contributed by atoms with Crippen molar-refractivity contribution in [3.63, 3.8) is 0 Å². The lowest BCUT2D eigenvalue weighted by Gasteiger charge is -2.04. The molecule has 0 saturated carbocycles. The van der Waals surface area contributed by atoms with E-state index in [1.165, 1.54) is 0 Å². The molecule has 0 aliphatic carbocycles. The van der Waals surface area contributed by atoms with Gasteiger partial charge in [0.15, 0.2) is 0 Å². The maximum Gasteiger partial charge on any atom is 0.292 e. The predicted molar refractivity (Wildman–Crippen MR) is 64.5 cm³/mol. The predicted octanol–water partition coefficient (Wildman–Crippen LogP) is 2.89. The Morgan fingerprint density at radius 3 is 2.80 bits per heavy atom. The zero-order chi connectivity index (χ0) is 11.3. The number of hydrogen-bond acceptors (Lipinski definition) is 4. The number of nitro groups is 1. The van der Waals surface area contributed by atoms with Gasteiger partial charge in [-0.1, -0.05) is 13.0 Å². The van der Waals surface area contributed by atoms with E-state index in [9.17, 15) is 10.1 Å². The highest BCUT2D eigenvalue weighted by atomic mass is 32.2. The van der Waals surface area contributed by atoms with Gasteiger partial charge in [-0.25, -0.2) is 0 Å². The number of anilines is 1. The molecular formula is C10H14N2O2S. The third-order valence-electron chi connectivity index (χ3n) is 2.00. The molecule has 0 unspecified atom stereocenters. The molecule has 0 spiro atoms. The van der Waals surface area contributed by atoms with Crippen LogP contribution in [0.5, 0.6) is 0 Å². The van der Waals surface area contributed by atoms with E-state index in [4.69, 9.17) is 0 Å². The van der Waals surface area contributed by atoms with Gasteiger partial charge in [-0.3, -0.25) is 10.1 Å². The molecule has 0 bridgehead atoms. The van der Waals surface area contributed by atoms with Crippen LogP contribution in [-0.4, -0.2) is 17.7 Å². The second-order valence-corrected chi connectivity index (χ2v) is 4.27. The maximum atomic E-state index is 10.8. The largest absolute Gasteiger partial charge is 0.383 e. The number of thioether (sulfide) groups is 1. The SMILES string of the molecule is CCSCc1ccc(NC)c([N+](=O)[O-])c1. The molecule has 82 valence electrons. The zero-order valence-electron chi connectivity index (χ0n) is 8.82. The summed E-state index contributed by atoms with van der Waals surface area (Å²) in [6, 6.07) is 5.31. The van der Waals surface area contributed by atoms with Gasteiger partial charge in [0.05, 0.1) is 4.92 Å². The molecule has 1 rings (SSSR count). The highest BCUT2D eigenvalue weighted by Gasteiger charge is 2.12. The van der Waals surface area contributed by atoms with E-state index in [0.29, 0.717) is 5.69 Å². The van der Waals surface area contributed by atoms with Crippen molar-refractivity contribution in [2.45, 2.75) is 12.7 Å². The number of nitrogens with zero attached hydrogens (tertiary/aromatic N) is 1. The second kappa shape index (κ2) is 5.60. The van der Waals surface area contributed by atoms with E-state index < -0.39 is 0 Å². The van der Waals surface area contributed by atoms with E-state index in [2.05, 4.69) is 12.2 Å². The normalized spacial score (nSPS) is 10.0. The van der Waals surface area contributed by atoms with Crippen molar-refractivity contribution in [3.05, 3.63) is 33.9 Å². The zero-order valence-corrected chi connectivity index (χ0v) is 9.63. The Balaban J connectivity index is 2.94. The molecular weight excluding hydrogens is 212 g/mol. The summed E-state index contributed by atoms with van der Waals surface area (Å²) in [5.41, 5.74) is 1.70. The highest BCUT2D eigenvalue weighted by Crippen LogP contribution is 2.26. The van der Waals surface area contributed by atoms with Crippen molar-refractivity contribution in [1.82, 2.24) is 0 Å². The summed E-state index contributed by atoms with van der Waals surface area (Å²) < 4.78 is 0. The second-order valence-electron chi connectivity index (χ2n) is 3.00. The van der Waals surface area contributed by atoms with Crippen LogP contribution in [0.1, 0.15) is 12.5 Å². The average molecular weight is 226 g/mol. The van der Waals surface area contributed by atoms with Gasteiger partial charge in [0.1, 0.15) is 5.69 Å². The molecule has 0 heterocycles. The van der Waals surface area contributed by atoms with Crippen LogP contribution in [0.3, 0.4) is 0 Å². The first kappa shape index (κ1) is 11.8. The molecule has 0 aliphatic heterocycles. The van der Waals surface area contributed by atoms with Gasteiger partial charge in [-0.15, -0.1) is 0 Å². The van der Waals surface area contributed by atoms with Gasteiger partial charge in [0, 0.05) is 18.9 Å². The van der Waals surface area contributed by atoms with E-state index in [-0.39, 0.29) is 10.6 Å². The van der Waals surface area contributed by atoms with Crippen LogP contribution < -0.4 is 5.32 Å². The standard InChI is InChI=1S/C10H14N2O2S/c1-3-15-7-8-4-5-9(11-2)10(6-8)12(13)14/h4-6,11H,3,7H2,1-2H3. The number of benzene rings is 1. The Bertz CT molecular complexity index is 355. The van der Waals surface area contributed by atoms with E-state index in [1.54, 1.807) is 30.9 Å². The molecule has 15 heavy (non-hydrogen) atoms. The fourth-order valence-electron chi connectivity index (χ4n) is 1.25. The minimum Gasteiger partial charge on any atom is -0.383 e. The summed E-state index contributed by atoms with van der Waals surface area (Å²) in [5.74, 6) is 1.84. The quantitative estimate of drug-likeness (QED) is 0.619. The topological polar surface area (TPSA) is 55.2 Å². The minimum atomic E-state index is -0.355. The molecule has 5 heteroatoms. The molecule has 4 nitrogen and oxygen atoms in total. The minimum absolute atomic E-state index is 0.145. The van der Waals surface area contributed by atoms with Gasteiger partial charge >= 0.3 is 0 Å². The van der Waals surface area contributed by atoms with Crippen molar-refractivity contribution < 1.29 is 4.92 Å². The molecule has 0 saturated heterocycles. The number of nitrogens with one attached hydrogen (secondary N) is 1. The molecule has 0 aromatic heterocycles. The van der Waals surface area contributed by atoms with Crippen LogP contribution in [0.25, 0.3) is 0 Å². The number of hydrogen-bond donors (Lipinski definition) is 1. The first-order valence-corrected chi connectivity index (χ1v) is 5.87. The summed E-state index contributed by atoms with van der Waals surface area (Å²) in [4.78, 5) is 10.4. The third-order valence-corrected chi connectivity index (χ3v) is 2.95. The number of nitro benzene ring substituents is 1. The van der Waals surface area contributed by atoms with Crippen LogP contribution in [0.2, 0.25) is 0 Å². The molecule has 0 atom stereocenters. The summed E-state index contributed by atoms with van der Waals surface area (Å²) in [7, 11) is 1.68. The van der Waals surface area contributed by atoms with Crippen molar-refractivity contribution in [2.75, 3.05) is 18.1 Å². The molecule has 0 amide bonds. The van der Waals surface area contributed by atoms with Crippen LogP contribution in [0.15, 0.2) is 18.2 Å². The van der Waals surface area contributed by atoms with Crippen LogP contribution in [0, 0.1) is 10.1 Å². The Kier molecular flexibility index (Phi) is 4.42. The summed E-state index contributed by atoms with van der Waals surface area (Å²) in [6.07, 6.45) is 0. The molecule has 1 aromatic carbocycles. The van der Waals surface area contributed by atoms with Crippen molar-refractivity contribution in [2.24, 2.45) is 0 Å². The van der Waals surface area contributed by atoms with Gasteiger partial charge in [-0.05, 0) is 17.4 Å². The lowest BCUT2D eigenvalue weighted by Crippen LogP contribution is -1.97. The highest BCUT2D eigenvalue weighted by molar-refractivity contribution is 7.98. The first-order chi connectivity index (χ1) is 7.19. The van der Waals surface area contributed by atoms with E-state index in [1.807, 2.05) is 6.07 Å². The average Bonchev–Trinajstić information content (AvgIpc) is 2.25.